The monoisotopic (exact) mass is 213 g/mol. The van der Waals surface area contributed by atoms with Gasteiger partial charge in [-0.05, 0) is 35.6 Å². The molecule has 1 aliphatic heterocycles. The van der Waals surface area contributed by atoms with E-state index in [2.05, 4.69) is 40.8 Å². The van der Waals surface area contributed by atoms with E-state index in [4.69, 9.17) is 0 Å². The fourth-order valence-corrected chi connectivity index (χ4v) is 2.74. The predicted octanol–water partition coefficient (Wildman–Crippen LogP) is 3.88. The number of benzene rings is 1. The molecule has 1 nitrogen and oxygen atoms in total. The first-order chi connectivity index (χ1) is 7.45. The molecule has 1 aromatic rings. The zero-order valence-electron chi connectivity index (χ0n) is 8.31. The summed E-state index contributed by atoms with van der Waals surface area (Å²) in [7, 11) is 0. The van der Waals surface area contributed by atoms with Crippen LogP contribution < -0.4 is 0 Å². The Morgan fingerprint density at radius 2 is 2.13 bits per heavy atom. The van der Waals surface area contributed by atoms with Crippen LogP contribution in [0, 0.1) is 0 Å². The molecule has 0 radical (unpaired) electrons. The molecule has 0 atom stereocenters. The molecule has 15 heavy (non-hydrogen) atoms. The van der Waals surface area contributed by atoms with Crippen molar-refractivity contribution in [1.29, 1.82) is 0 Å². The minimum absolute atomic E-state index is 1.13. The summed E-state index contributed by atoms with van der Waals surface area (Å²) < 4.78 is 4.38. The molecule has 0 fully saturated rings. The van der Waals surface area contributed by atoms with Crippen LogP contribution in [0.1, 0.15) is 18.4 Å². The van der Waals surface area contributed by atoms with Crippen LogP contribution in [-0.2, 0) is 0 Å². The topological polar surface area (TPSA) is 12.4 Å². The van der Waals surface area contributed by atoms with Crippen molar-refractivity contribution in [1.82, 2.24) is 0 Å². The molecule has 1 heterocycles. The van der Waals surface area contributed by atoms with Gasteiger partial charge in [-0.25, -0.2) is 4.40 Å². The van der Waals surface area contributed by atoms with Crippen molar-refractivity contribution in [3.63, 3.8) is 0 Å². The van der Waals surface area contributed by atoms with Crippen molar-refractivity contribution in [3.05, 3.63) is 47.6 Å². The van der Waals surface area contributed by atoms with Crippen LogP contribution in [0.25, 0.3) is 5.57 Å². The maximum absolute atomic E-state index is 4.38. The second-order valence-electron chi connectivity index (χ2n) is 3.70. The fourth-order valence-electron chi connectivity index (χ4n) is 2.03. The van der Waals surface area contributed by atoms with Crippen molar-refractivity contribution < 1.29 is 0 Å². The molecule has 3 rings (SSSR count). The summed E-state index contributed by atoms with van der Waals surface area (Å²) in [5.41, 5.74) is 4.08. The summed E-state index contributed by atoms with van der Waals surface area (Å²) in [5.74, 6) is 0. The van der Waals surface area contributed by atoms with E-state index < -0.39 is 0 Å². The number of nitrogens with zero attached hydrogens (tertiary/aromatic N) is 1. The summed E-state index contributed by atoms with van der Waals surface area (Å²) in [6.45, 7) is 0. The fraction of sp³-hybridized carbons (Fsp3) is 0.154. The van der Waals surface area contributed by atoms with Crippen molar-refractivity contribution in [2.24, 2.45) is 4.40 Å². The molecule has 0 saturated carbocycles. The third-order valence-electron chi connectivity index (χ3n) is 2.76. The molecule has 0 N–H and O–H groups in total. The van der Waals surface area contributed by atoms with E-state index in [9.17, 15) is 0 Å². The Hall–Kier alpha value is -1.28. The Labute approximate surface area is 93.7 Å². The van der Waals surface area contributed by atoms with Gasteiger partial charge in [0.2, 0.25) is 0 Å². The van der Waals surface area contributed by atoms with Crippen LogP contribution >= 0.6 is 11.9 Å². The average Bonchev–Trinajstić information content (AvgIpc) is 2.48. The molecule has 0 unspecified atom stereocenters. The molecule has 0 spiro atoms. The third-order valence-corrected chi connectivity index (χ3v) is 3.53. The SMILES string of the molecule is C1=CC2=C(CC1)c1ccccc1SN=C2. The first kappa shape index (κ1) is 8.98. The lowest BCUT2D eigenvalue weighted by molar-refractivity contribution is 1.04. The minimum Gasteiger partial charge on any atom is -0.219 e. The Morgan fingerprint density at radius 1 is 1.20 bits per heavy atom. The van der Waals surface area contributed by atoms with Crippen LogP contribution in [-0.4, -0.2) is 6.21 Å². The van der Waals surface area contributed by atoms with Gasteiger partial charge in [-0.2, -0.15) is 0 Å². The minimum atomic E-state index is 1.13. The van der Waals surface area contributed by atoms with Gasteiger partial charge in [0.05, 0.1) is 0 Å². The second kappa shape index (κ2) is 3.70. The lowest BCUT2D eigenvalue weighted by atomic mass is 9.92. The molecule has 0 aromatic heterocycles. The molecule has 74 valence electrons. The van der Waals surface area contributed by atoms with E-state index in [0.29, 0.717) is 0 Å². The number of rotatable bonds is 0. The normalized spacial score (nSPS) is 18.4. The molecule has 0 bridgehead atoms. The maximum atomic E-state index is 4.38. The van der Waals surface area contributed by atoms with Gasteiger partial charge in [0.1, 0.15) is 0 Å². The smallest absolute Gasteiger partial charge is 0.0430 e. The van der Waals surface area contributed by atoms with Crippen molar-refractivity contribution in [2.75, 3.05) is 0 Å². The van der Waals surface area contributed by atoms with E-state index >= 15 is 0 Å². The Kier molecular flexibility index (Phi) is 2.22. The lowest BCUT2D eigenvalue weighted by Crippen LogP contribution is -1.95. The van der Waals surface area contributed by atoms with Gasteiger partial charge >= 0.3 is 0 Å². The predicted molar refractivity (Wildman–Crippen MR) is 66.1 cm³/mol. The number of hydrogen-bond acceptors (Lipinski definition) is 2. The van der Waals surface area contributed by atoms with Crippen LogP contribution in [0.15, 0.2) is 51.3 Å². The summed E-state index contributed by atoms with van der Waals surface area (Å²) in [5, 5.41) is 0. The van der Waals surface area contributed by atoms with Gasteiger partial charge in [0.15, 0.2) is 0 Å². The van der Waals surface area contributed by atoms with Gasteiger partial charge in [0, 0.05) is 23.1 Å². The van der Waals surface area contributed by atoms with Crippen LogP contribution in [0.3, 0.4) is 0 Å². The zero-order chi connectivity index (χ0) is 10.1. The second-order valence-corrected chi connectivity index (χ2v) is 4.53. The molecule has 2 aliphatic rings. The van der Waals surface area contributed by atoms with Gasteiger partial charge in [-0.1, -0.05) is 30.4 Å². The van der Waals surface area contributed by atoms with Gasteiger partial charge in [-0.15, -0.1) is 0 Å². The average molecular weight is 213 g/mol. The highest BCUT2D eigenvalue weighted by atomic mass is 32.2. The highest BCUT2D eigenvalue weighted by Crippen LogP contribution is 2.37. The summed E-state index contributed by atoms with van der Waals surface area (Å²) in [6.07, 6.45) is 8.67. The van der Waals surface area contributed by atoms with E-state index in [-0.39, 0.29) is 0 Å². The summed E-state index contributed by atoms with van der Waals surface area (Å²) in [6, 6.07) is 8.52. The standard InChI is InChI=1S/C13H11NS/c1-2-6-11-10(5-1)9-14-15-13-8-4-3-7-12(11)13/h1,3-5,7-9H,2,6H2. The first-order valence-corrected chi connectivity index (χ1v) is 5.92. The molecule has 1 aliphatic carbocycles. The highest BCUT2D eigenvalue weighted by molar-refractivity contribution is 7.98. The third kappa shape index (κ3) is 1.55. The Bertz CT molecular complexity index is 483. The molecule has 2 heteroatoms. The molecule has 0 saturated heterocycles. The van der Waals surface area contributed by atoms with E-state index in [1.54, 1.807) is 11.9 Å². The van der Waals surface area contributed by atoms with E-state index in [1.807, 2.05) is 6.21 Å². The maximum Gasteiger partial charge on any atom is 0.0430 e. The summed E-state index contributed by atoms with van der Waals surface area (Å²) in [4.78, 5) is 1.27. The van der Waals surface area contributed by atoms with Crippen LogP contribution in [0.2, 0.25) is 0 Å². The quantitative estimate of drug-likeness (QED) is 0.596. The summed E-state index contributed by atoms with van der Waals surface area (Å²) >= 11 is 1.57. The van der Waals surface area contributed by atoms with E-state index in [0.717, 1.165) is 12.8 Å². The van der Waals surface area contributed by atoms with Crippen molar-refractivity contribution in [3.8, 4) is 0 Å². The van der Waals surface area contributed by atoms with E-state index in [1.165, 1.54) is 21.6 Å². The first-order valence-electron chi connectivity index (χ1n) is 5.14. The van der Waals surface area contributed by atoms with Crippen molar-refractivity contribution >= 4 is 23.7 Å². The molecular formula is C13H11NS. The zero-order valence-corrected chi connectivity index (χ0v) is 9.13. The van der Waals surface area contributed by atoms with Gasteiger partial charge < -0.3 is 0 Å². The van der Waals surface area contributed by atoms with Gasteiger partial charge in [-0.3, -0.25) is 0 Å². The Balaban J connectivity index is 2.23. The lowest BCUT2D eigenvalue weighted by Gasteiger charge is -2.13. The van der Waals surface area contributed by atoms with Crippen molar-refractivity contribution in [2.45, 2.75) is 17.7 Å². The number of allylic oxidation sites excluding steroid dienone is 4. The molecule has 0 amide bonds. The molecule has 1 aromatic carbocycles. The number of hydrogen-bond donors (Lipinski definition) is 0. The van der Waals surface area contributed by atoms with Gasteiger partial charge in [0.25, 0.3) is 0 Å². The highest BCUT2D eigenvalue weighted by Gasteiger charge is 2.15. The van der Waals surface area contributed by atoms with Crippen LogP contribution in [0.4, 0.5) is 0 Å². The largest absolute Gasteiger partial charge is 0.219 e. The number of fused-ring (bicyclic) bond motifs is 2. The van der Waals surface area contributed by atoms with Crippen LogP contribution in [0.5, 0.6) is 0 Å². The Morgan fingerprint density at radius 3 is 3.13 bits per heavy atom. The molecular weight excluding hydrogens is 202 g/mol.